The number of H-pyrrole nitrogens is 1. The molecule has 4 N–H and O–H groups in total. The summed E-state index contributed by atoms with van der Waals surface area (Å²) < 4.78 is 21.8. The van der Waals surface area contributed by atoms with E-state index < -0.39 is 0 Å². The molecule has 2 aromatic rings. The maximum atomic E-state index is 12.1. The number of benzene rings is 1. The number of aromatic amines is 1. The predicted molar refractivity (Wildman–Crippen MR) is 181 cm³/mol. The molecule has 0 bridgehead atoms. The zero-order valence-corrected chi connectivity index (χ0v) is 28.8. The SMILES string of the molecule is CON(C)C(=O)CC[C@@H](C)C(=O)NCCOCCOCCOCCOCCNC(=O)CCCNC(=O)CCCc1c[nH]c2ccccc12. The van der Waals surface area contributed by atoms with Gasteiger partial charge in [-0.3, -0.25) is 24.0 Å². The number of nitrogens with zero attached hydrogens (tertiary/aromatic N) is 1. The Hall–Kier alpha value is -3.56. The van der Waals surface area contributed by atoms with Crippen LogP contribution in [0.15, 0.2) is 30.5 Å². The van der Waals surface area contributed by atoms with Crippen molar-refractivity contribution in [3.8, 4) is 0 Å². The summed E-state index contributed by atoms with van der Waals surface area (Å²) in [6, 6.07) is 8.14. The van der Waals surface area contributed by atoms with E-state index in [-0.39, 0.29) is 36.0 Å². The monoisotopic (exact) mass is 677 g/mol. The highest BCUT2D eigenvalue weighted by molar-refractivity contribution is 5.83. The van der Waals surface area contributed by atoms with Crippen molar-refractivity contribution in [3.05, 3.63) is 36.0 Å². The maximum Gasteiger partial charge on any atom is 0.245 e. The van der Waals surface area contributed by atoms with E-state index in [0.29, 0.717) is 98.2 Å². The molecular formula is C34H55N5O9. The number of carbonyl (C=O) groups excluding carboxylic acids is 4. The molecule has 0 aliphatic heterocycles. The van der Waals surface area contributed by atoms with Crippen LogP contribution in [-0.2, 0) is 49.4 Å². The largest absolute Gasteiger partial charge is 0.377 e. The number of aromatic nitrogens is 1. The number of carbonyl (C=O) groups is 4. The third-order valence-corrected chi connectivity index (χ3v) is 7.52. The second kappa shape index (κ2) is 25.5. The number of rotatable bonds is 28. The van der Waals surface area contributed by atoms with Crippen LogP contribution in [0.25, 0.3) is 10.9 Å². The topological polar surface area (TPSA) is 170 Å². The van der Waals surface area contributed by atoms with E-state index in [1.165, 1.54) is 25.1 Å². The van der Waals surface area contributed by atoms with Crippen LogP contribution in [0.2, 0.25) is 0 Å². The Morgan fingerprint density at radius 1 is 0.750 bits per heavy atom. The summed E-state index contributed by atoms with van der Waals surface area (Å²) in [5.74, 6) is -0.635. The third-order valence-electron chi connectivity index (χ3n) is 7.52. The predicted octanol–water partition coefficient (Wildman–Crippen LogP) is 2.12. The lowest BCUT2D eigenvalue weighted by Crippen LogP contribution is -2.33. The highest BCUT2D eigenvalue weighted by atomic mass is 16.7. The lowest BCUT2D eigenvalue weighted by Gasteiger charge is -2.15. The first kappa shape index (κ1) is 40.6. The molecule has 4 amide bonds. The van der Waals surface area contributed by atoms with Crippen molar-refractivity contribution in [1.29, 1.82) is 0 Å². The summed E-state index contributed by atoms with van der Waals surface area (Å²) in [6.45, 7) is 6.32. The van der Waals surface area contributed by atoms with Crippen molar-refractivity contribution in [3.63, 3.8) is 0 Å². The first-order valence-electron chi connectivity index (χ1n) is 16.8. The van der Waals surface area contributed by atoms with E-state index in [0.717, 1.165) is 23.4 Å². The van der Waals surface area contributed by atoms with Gasteiger partial charge in [0.05, 0.1) is 60.0 Å². The molecule has 2 rings (SSSR count). The number of para-hydroxylation sites is 1. The van der Waals surface area contributed by atoms with Crippen LogP contribution in [0.3, 0.4) is 0 Å². The fraction of sp³-hybridized carbons (Fsp3) is 0.647. The number of aryl methyl sites for hydroxylation is 1. The van der Waals surface area contributed by atoms with Crippen molar-refractivity contribution < 1.29 is 43.0 Å². The Morgan fingerprint density at radius 2 is 1.31 bits per heavy atom. The minimum absolute atomic E-state index is 0.00641. The molecule has 0 saturated heterocycles. The molecule has 0 saturated carbocycles. The van der Waals surface area contributed by atoms with Gasteiger partial charge in [-0.2, -0.15) is 0 Å². The molecule has 1 heterocycles. The van der Waals surface area contributed by atoms with Gasteiger partial charge in [0.1, 0.15) is 0 Å². The molecule has 48 heavy (non-hydrogen) atoms. The molecule has 0 fully saturated rings. The molecule has 14 nitrogen and oxygen atoms in total. The van der Waals surface area contributed by atoms with Crippen molar-refractivity contribution in [2.45, 2.75) is 51.9 Å². The van der Waals surface area contributed by atoms with Crippen molar-refractivity contribution in [1.82, 2.24) is 26.0 Å². The van der Waals surface area contributed by atoms with Gasteiger partial charge in [0.15, 0.2) is 0 Å². The number of ether oxygens (including phenoxy) is 4. The second-order valence-corrected chi connectivity index (χ2v) is 11.3. The van der Waals surface area contributed by atoms with Crippen LogP contribution in [0.4, 0.5) is 0 Å². The van der Waals surface area contributed by atoms with Crippen LogP contribution in [0.5, 0.6) is 0 Å². The molecule has 0 spiro atoms. The van der Waals surface area contributed by atoms with Gasteiger partial charge < -0.3 is 39.9 Å². The quantitative estimate of drug-likeness (QED) is 0.0779. The van der Waals surface area contributed by atoms with Gasteiger partial charge >= 0.3 is 0 Å². The van der Waals surface area contributed by atoms with Crippen LogP contribution in [0.1, 0.15) is 51.0 Å². The van der Waals surface area contributed by atoms with E-state index in [2.05, 4.69) is 27.0 Å². The second-order valence-electron chi connectivity index (χ2n) is 11.3. The van der Waals surface area contributed by atoms with Crippen molar-refractivity contribution >= 4 is 34.5 Å². The maximum absolute atomic E-state index is 12.1. The van der Waals surface area contributed by atoms with Crippen LogP contribution in [-0.4, -0.2) is 120 Å². The number of fused-ring (bicyclic) bond motifs is 1. The van der Waals surface area contributed by atoms with E-state index in [1.807, 2.05) is 24.4 Å². The van der Waals surface area contributed by atoms with E-state index >= 15 is 0 Å². The molecule has 0 aliphatic rings. The summed E-state index contributed by atoms with van der Waals surface area (Å²) in [5, 5.41) is 10.9. The Morgan fingerprint density at radius 3 is 1.96 bits per heavy atom. The number of amides is 4. The molecule has 0 unspecified atom stereocenters. The Bertz CT molecular complexity index is 1210. The molecule has 1 atom stereocenters. The van der Waals surface area contributed by atoms with Gasteiger partial charge in [0.2, 0.25) is 23.6 Å². The third kappa shape index (κ3) is 18.1. The zero-order chi connectivity index (χ0) is 34.8. The van der Waals surface area contributed by atoms with Gasteiger partial charge in [0.25, 0.3) is 0 Å². The lowest BCUT2D eigenvalue weighted by atomic mass is 10.0. The molecule has 0 radical (unpaired) electrons. The first-order valence-corrected chi connectivity index (χ1v) is 16.8. The minimum Gasteiger partial charge on any atom is -0.377 e. The average molecular weight is 678 g/mol. The molecule has 1 aromatic heterocycles. The van der Waals surface area contributed by atoms with Crippen LogP contribution in [0, 0.1) is 5.92 Å². The van der Waals surface area contributed by atoms with Gasteiger partial charge in [-0.05, 0) is 37.3 Å². The fourth-order valence-corrected chi connectivity index (χ4v) is 4.61. The van der Waals surface area contributed by atoms with E-state index in [9.17, 15) is 19.2 Å². The van der Waals surface area contributed by atoms with Gasteiger partial charge in [-0.15, -0.1) is 0 Å². The van der Waals surface area contributed by atoms with Crippen molar-refractivity contribution in [2.24, 2.45) is 5.92 Å². The lowest BCUT2D eigenvalue weighted by molar-refractivity contribution is -0.168. The van der Waals surface area contributed by atoms with Gasteiger partial charge in [-0.1, -0.05) is 25.1 Å². The molecule has 270 valence electrons. The Kier molecular flexibility index (Phi) is 21.5. The molecule has 14 heteroatoms. The number of hydroxylamine groups is 2. The molecule has 1 aromatic carbocycles. The highest BCUT2D eigenvalue weighted by Crippen LogP contribution is 2.19. The molecule has 0 aliphatic carbocycles. The highest BCUT2D eigenvalue weighted by Gasteiger charge is 2.16. The number of hydrogen-bond donors (Lipinski definition) is 4. The Balaban J connectivity index is 1.28. The normalized spacial score (nSPS) is 11.7. The van der Waals surface area contributed by atoms with Gasteiger partial charge in [0, 0.05) is 69.0 Å². The summed E-state index contributed by atoms with van der Waals surface area (Å²) in [7, 11) is 2.96. The average Bonchev–Trinajstić information content (AvgIpc) is 3.51. The number of hydrogen-bond acceptors (Lipinski definition) is 9. The van der Waals surface area contributed by atoms with Gasteiger partial charge in [-0.25, -0.2) is 5.06 Å². The van der Waals surface area contributed by atoms with E-state index in [1.54, 1.807) is 6.92 Å². The summed E-state index contributed by atoms with van der Waals surface area (Å²) in [4.78, 5) is 56.0. The minimum atomic E-state index is -0.282. The van der Waals surface area contributed by atoms with Crippen LogP contribution >= 0.6 is 0 Å². The summed E-state index contributed by atoms with van der Waals surface area (Å²) in [5.41, 5.74) is 2.33. The smallest absolute Gasteiger partial charge is 0.245 e. The molecular weight excluding hydrogens is 622 g/mol. The van der Waals surface area contributed by atoms with E-state index in [4.69, 9.17) is 23.8 Å². The zero-order valence-electron chi connectivity index (χ0n) is 28.8. The Labute approximate surface area is 283 Å². The van der Waals surface area contributed by atoms with Crippen molar-refractivity contribution in [2.75, 3.05) is 86.6 Å². The fourth-order valence-electron chi connectivity index (χ4n) is 4.61. The standard InChI is InChI=1S/C34H55N5O9/c1-27(13-14-33(42)39(2)44-3)34(43)37-17-19-46-21-23-48-25-24-47-22-20-45-18-16-36-32(41)12-7-15-35-31(40)11-6-8-28-26-38-30-10-5-4-9-29(28)30/h4-5,9-10,26-27,38H,6-8,11-25H2,1-3H3,(H,35,40)(H,36,41)(H,37,43)/t27-/m1/s1. The number of nitrogens with one attached hydrogen (secondary N) is 4. The van der Waals surface area contributed by atoms with Crippen LogP contribution < -0.4 is 16.0 Å². The summed E-state index contributed by atoms with van der Waals surface area (Å²) in [6.07, 6.45) is 5.69. The summed E-state index contributed by atoms with van der Waals surface area (Å²) >= 11 is 0. The first-order chi connectivity index (χ1) is 23.3.